The van der Waals surface area contributed by atoms with Crippen molar-refractivity contribution in [2.75, 3.05) is 0 Å². The van der Waals surface area contributed by atoms with Gasteiger partial charge in [0.1, 0.15) is 11.4 Å². The van der Waals surface area contributed by atoms with Crippen LogP contribution in [-0.2, 0) is 0 Å². The monoisotopic (exact) mass is 354 g/mol. The van der Waals surface area contributed by atoms with E-state index in [1.54, 1.807) is 30.3 Å². The molecule has 0 saturated carbocycles. The molecule has 0 bridgehead atoms. The lowest BCUT2D eigenvalue weighted by Crippen LogP contribution is -2.41. The van der Waals surface area contributed by atoms with Gasteiger partial charge in [0.25, 0.3) is 11.6 Å². The zero-order valence-electron chi connectivity index (χ0n) is 14.6. The maximum absolute atomic E-state index is 12.7. The molecule has 2 heterocycles. The molecule has 134 valence electrons. The smallest absolute Gasteiger partial charge is 0.270 e. The number of nitro benzene ring substituents is 1. The Balaban J connectivity index is 2.07. The highest BCUT2D eigenvalue weighted by atomic mass is 16.6. The summed E-state index contributed by atoms with van der Waals surface area (Å²) >= 11 is 0. The highest BCUT2D eigenvalue weighted by molar-refractivity contribution is 5.94. The zero-order valence-corrected chi connectivity index (χ0v) is 14.6. The molecule has 1 N–H and O–H groups in total. The number of hydrogen-bond acceptors (Lipinski definition) is 5. The Bertz CT molecular complexity index is 935. The summed E-state index contributed by atoms with van der Waals surface area (Å²) in [5.74, 6) is 0.219. The quantitative estimate of drug-likeness (QED) is 0.570. The molecule has 0 atom stereocenters. The summed E-state index contributed by atoms with van der Waals surface area (Å²) in [6.07, 6.45) is 1.52. The van der Waals surface area contributed by atoms with Crippen molar-refractivity contribution in [1.29, 1.82) is 0 Å². The standard InChI is InChI=1S/C18H18N4O4/c1-18(2,3)19-17(23)15-11-14(16-5-4-10-26-16)20-21(15)12-6-8-13(9-7-12)22(24)25/h4-11H,1-3H3,(H,19,23). The normalized spacial score (nSPS) is 11.3. The summed E-state index contributed by atoms with van der Waals surface area (Å²) in [7, 11) is 0. The largest absolute Gasteiger partial charge is 0.463 e. The molecule has 0 saturated heterocycles. The second kappa shape index (κ2) is 6.47. The van der Waals surface area contributed by atoms with Crippen molar-refractivity contribution in [1.82, 2.24) is 15.1 Å². The zero-order chi connectivity index (χ0) is 18.9. The molecule has 0 aliphatic carbocycles. The van der Waals surface area contributed by atoms with Gasteiger partial charge in [-0.05, 0) is 45.0 Å². The Morgan fingerprint density at radius 2 is 1.92 bits per heavy atom. The van der Waals surface area contributed by atoms with Gasteiger partial charge in [-0.1, -0.05) is 0 Å². The third-order valence-corrected chi connectivity index (χ3v) is 3.51. The molecule has 0 spiro atoms. The minimum Gasteiger partial charge on any atom is -0.463 e. The van der Waals surface area contributed by atoms with E-state index in [9.17, 15) is 14.9 Å². The van der Waals surface area contributed by atoms with Crippen LogP contribution in [0.3, 0.4) is 0 Å². The van der Waals surface area contributed by atoms with Gasteiger partial charge >= 0.3 is 0 Å². The van der Waals surface area contributed by atoms with Crippen LogP contribution in [0.4, 0.5) is 5.69 Å². The first-order valence-corrected chi connectivity index (χ1v) is 7.96. The first-order valence-electron chi connectivity index (χ1n) is 7.96. The number of hydrogen-bond donors (Lipinski definition) is 1. The van der Waals surface area contributed by atoms with Gasteiger partial charge in [-0.2, -0.15) is 5.10 Å². The summed E-state index contributed by atoms with van der Waals surface area (Å²) in [6.45, 7) is 5.64. The lowest BCUT2D eigenvalue weighted by Gasteiger charge is -2.20. The van der Waals surface area contributed by atoms with E-state index >= 15 is 0 Å². The van der Waals surface area contributed by atoms with E-state index in [0.29, 0.717) is 22.8 Å². The third kappa shape index (κ3) is 3.64. The molecule has 8 nitrogen and oxygen atoms in total. The van der Waals surface area contributed by atoms with Crippen LogP contribution in [0.1, 0.15) is 31.3 Å². The first-order chi connectivity index (χ1) is 12.2. The molecule has 26 heavy (non-hydrogen) atoms. The summed E-state index contributed by atoms with van der Waals surface area (Å²) in [6, 6.07) is 10.9. The molecule has 1 aromatic carbocycles. The van der Waals surface area contributed by atoms with E-state index in [0.717, 1.165) is 0 Å². The highest BCUT2D eigenvalue weighted by Crippen LogP contribution is 2.23. The molecule has 1 amide bonds. The maximum atomic E-state index is 12.7. The predicted octanol–water partition coefficient (Wildman–Crippen LogP) is 3.57. The summed E-state index contributed by atoms with van der Waals surface area (Å²) < 4.78 is 6.81. The number of nitrogens with one attached hydrogen (secondary N) is 1. The van der Waals surface area contributed by atoms with Crippen LogP contribution in [0, 0.1) is 10.1 Å². The average molecular weight is 354 g/mol. The number of nitrogens with zero attached hydrogens (tertiary/aromatic N) is 3. The Morgan fingerprint density at radius 1 is 1.23 bits per heavy atom. The second-order valence-corrected chi connectivity index (χ2v) is 6.78. The topological polar surface area (TPSA) is 103 Å². The Kier molecular flexibility index (Phi) is 4.33. The Labute approximate surface area is 149 Å². The number of nitro groups is 1. The number of non-ortho nitro benzene ring substituents is 1. The van der Waals surface area contributed by atoms with Crippen LogP contribution in [-0.4, -0.2) is 26.1 Å². The highest BCUT2D eigenvalue weighted by Gasteiger charge is 2.22. The van der Waals surface area contributed by atoms with Crippen molar-refractivity contribution in [2.45, 2.75) is 26.3 Å². The van der Waals surface area contributed by atoms with Crippen LogP contribution < -0.4 is 5.32 Å². The molecular formula is C18H18N4O4. The molecule has 0 radical (unpaired) electrons. The molecule has 0 aliphatic rings. The van der Waals surface area contributed by atoms with Gasteiger partial charge in [0, 0.05) is 23.7 Å². The lowest BCUT2D eigenvalue weighted by atomic mass is 10.1. The number of carbonyl (C=O) groups excluding carboxylic acids is 1. The Hall–Kier alpha value is -3.42. The number of carbonyl (C=O) groups is 1. The van der Waals surface area contributed by atoms with Crippen molar-refractivity contribution in [3.63, 3.8) is 0 Å². The minimum atomic E-state index is -0.478. The van der Waals surface area contributed by atoms with E-state index in [1.807, 2.05) is 20.8 Å². The van der Waals surface area contributed by atoms with Crippen molar-refractivity contribution < 1.29 is 14.1 Å². The van der Waals surface area contributed by atoms with Crippen molar-refractivity contribution in [3.05, 3.63) is 64.5 Å². The predicted molar refractivity (Wildman–Crippen MR) is 95.1 cm³/mol. The van der Waals surface area contributed by atoms with Crippen LogP contribution >= 0.6 is 0 Å². The Morgan fingerprint density at radius 3 is 2.46 bits per heavy atom. The first kappa shape index (κ1) is 17.4. The summed E-state index contributed by atoms with van der Waals surface area (Å²) in [5.41, 5.74) is 0.875. The fourth-order valence-corrected chi connectivity index (χ4v) is 2.40. The lowest BCUT2D eigenvalue weighted by molar-refractivity contribution is -0.384. The maximum Gasteiger partial charge on any atom is 0.270 e. The van der Waals surface area contributed by atoms with Crippen molar-refractivity contribution >= 4 is 11.6 Å². The van der Waals surface area contributed by atoms with Crippen LogP contribution in [0.5, 0.6) is 0 Å². The molecule has 0 fully saturated rings. The van der Waals surface area contributed by atoms with E-state index < -0.39 is 10.5 Å². The summed E-state index contributed by atoms with van der Waals surface area (Å²) in [5, 5.41) is 18.2. The van der Waals surface area contributed by atoms with Crippen molar-refractivity contribution in [3.8, 4) is 17.1 Å². The van der Waals surface area contributed by atoms with Gasteiger partial charge in [0.2, 0.25) is 0 Å². The molecule has 8 heteroatoms. The summed E-state index contributed by atoms with van der Waals surface area (Å²) in [4.78, 5) is 23.1. The second-order valence-electron chi connectivity index (χ2n) is 6.78. The molecular weight excluding hydrogens is 336 g/mol. The van der Waals surface area contributed by atoms with Gasteiger partial charge in [-0.3, -0.25) is 14.9 Å². The molecule has 3 rings (SSSR count). The number of amides is 1. The number of aromatic nitrogens is 2. The van der Waals surface area contributed by atoms with E-state index in [1.165, 1.54) is 23.1 Å². The fraction of sp³-hybridized carbons (Fsp3) is 0.222. The van der Waals surface area contributed by atoms with Crippen LogP contribution in [0.2, 0.25) is 0 Å². The fourth-order valence-electron chi connectivity index (χ4n) is 2.40. The van der Waals surface area contributed by atoms with Gasteiger partial charge < -0.3 is 9.73 Å². The van der Waals surface area contributed by atoms with E-state index in [4.69, 9.17) is 4.42 Å². The minimum absolute atomic E-state index is 0.0344. The van der Waals surface area contributed by atoms with Gasteiger partial charge in [-0.15, -0.1) is 0 Å². The molecule has 3 aromatic rings. The van der Waals surface area contributed by atoms with Crippen LogP contribution in [0.25, 0.3) is 17.1 Å². The SMILES string of the molecule is CC(C)(C)NC(=O)c1cc(-c2ccco2)nn1-c1ccc([N+](=O)[O-])cc1. The number of benzene rings is 1. The van der Waals surface area contributed by atoms with Gasteiger partial charge in [-0.25, -0.2) is 4.68 Å². The number of rotatable bonds is 4. The van der Waals surface area contributed by atoms with Gasteiger partial charge in [0.15, 0.2) is 5.76 Å². The van der Waals surface area contributed by atoms with Crippen molar-refractivity contribution in [2.24, 2.45) is 0 Å². The van der Waals surface area contributed by atoms with Gasteiger partial charge in [0.05, 0.1) is 16.9 Å². The molecule has 0 aliphatic heterocycles. The molecule has 0 unspecified atom stereocenters. The van der Waals surface area contributed by atoms with E-state index in [-0.39, 0.29) is 11.6 Å². The average Bonchev–Trinajstić information content (AvgIpc) is 3.22. The van der Waals surface area contributed by atoms with E-state index in [2.05, 4.69) is 10.4 Å². The third-order valence-electron chi connectivity index (χ3n) is 3.51. The molecule has 2 aromatic heterocycles. The number of furan rings is 1. The van der Waals surface area contributed by atoms with Crippen LogP contribution in [0.15, 0.2) is 53.1 Å².